The summed E-state index contributed by atoms with van der Waals surface area (Å²) in [4.78, 5) is 21.1. The summed E-state index contributed by atoms with van der Waals surface area (Å²) in [5.41, 5.74) is 1.82. The van der Waals surface area contributed by atoms with Crippen molar-refractivity contribution >= 4 is 5.91 Å². The Balaban J connectivity index is 1.44. The smallest absolute Gasteiger partial charge is 0.317 e. The second kappa shape index (κ2) is 8.84. The number of hydrogen-bond donors (Lipinski definition) is 1. The molecule has 1 atom stereocenters. The number of amides is 1. The highest BCUT2D eigenvalue weighted by Gasteiger charge is 2.26. The molecule has 1 aromatic heterocycles. The molecule has 1 saturated carbocycles. The van der Waals surface area contributed by atoms with E-state index in [4.69, 9.17) is 9.47 Å². The predicted molar refractivity (Wildman–Crippen MR) is 103 cm³/mol. The molecule has 1 unspecified atom stereocenters. The summed E-state index contributed by atoms with van der Waals surface area (Å²) >= 11 is 0. The van der Waals surface area contributed by atoms with Crippen molar-refractivity contribution < 1.29 is 14.3 Å². The van der Waals surface area contributed by atoms with Gasteiger partial charge in [0.25, 0.3) is 5.91 Å². The van der Waals surface area contributed by atoms with Gasteiger partial charge in [0, 0.05) is 17.4 Å². The Hall–Kier alpha value is -2.63. The van der Waals surface area contributed by atoms with Crippen molar-refractivity contribution in [3.8, 4) is 11.8 Å². The van der Waals surface area contributed by atoms with Gasteiger partial charge in [-0.1, -0.05) is 18.2 Å². The number of para-hydroxylation sites is 1. The molecule has 144 valence electrons. The zero-order chi connectivity index (χ0) is 19.2. The molecule has 0 radical (unpaired) electrons. The Labute approximate surface area is 160 Å². The standard InChI is InChI=1S/C21H27N3O3/c1-14-13-15(2)23-21(22-14)27-19-11-9-17(10-12-19)24-20(25)16(3)26-18-7-5-4-6-8-18/h4-8,13,16-17,19H,9-12H2,1-3H3,(H,24,25). The maximum atomic E-state index is 12.4. The van der Waals surface area contributed by atoms with Crippen molar-refractivity contribution in [2.45, 2.75) is 64.7 Å². The molecule has 1 heterocycles. The molecule has 27 heavy (non-hydrogen) atoms. The van der Waals surface area contributed by atoms with Crippen LogP contribution in [0.5, 0.6) is 11.8 Å². The van der Waals surface area contributed by atoms with Crippen LogP contribution in [-0.4, -0.2) is 34.1 Å². The molecular formula is C21H27N3O3. The van der Waals surface area contributed by atoms with Gasteiger partial charge in [-0.25, -0.2) is 9.97 Å². The zero-order valence-electron chi connectivity index (χ0n) is 16.1. The summed E-state index contributed by atoms with van der Waals surface area (Å²) in [5.74, 6) is 0.617. The Morgan fingerprint density at radius 3 is 2.33 bits per heavy atom. The summed E-state index contributed by atoms with van der Waals surface area (Å²) in [6, 6.07) is 11.9. The van der Waals surface area contributed by atoms with Crippen LogP contribution in [0, 0.1) is 13.8 Å². The van der Waals surface area contributed by atoms with Crippen LogP contribution in [0.4, 0.5) is 0 Å². The lowest BCUT2D eigenvalue weighted by Gasteiger charge is -2.29. The van der Waals surface area contributed by atoms with E-state index in [0.717, 1.165) is 37.1 Å². The molecule has 1 N–H and O–H groups in total. The first-order valence-corrected chi connectivity index (χ1v) is 9.50. The molecule has 3 rings (SSSR count). The van der Waals surface area contributed by atoms with Crippen LogP contribution in [0.2, 0.25) is 0 Å². The van der Waals surface area contributed by atoms with E-state index in [9.17, 15) is 4.79 Å². The largest absolute Gasteiger partial charge is 0.481 e. The fourth-order valence-corrected chi connectivity index (χ4v) is 3.30. The summed E-state index contributed by atoms with van der Waals surface area (Å²) < 4.78 is 11.6. The second-order valence-corrected chi connectivity index (χ2v) is 7.11. The van der Waals surface area contributed by atoms with E-state index in [-0.39, 0.29) is 18.1 Å². The minimum absolute atomic E-state index is 0.0825. The first-order valence-electron chi connectivity index (χ1n) is 9.50. The van der Waals surface area contributed by atoms with Gasteiger partial charge in [-0.05, 0) is 64.7 Å². The van der Waals surface area contributed by atoms with Gasteiger partial charge < -0.3 is 14.8 Å². The molecule has 1 aliphatic carbocycles. The fraction of sp³-hybridized carbons (Fsp3) is 0.476. The van der Waals surface area contributed by atoms with Crippen LogP contribution in [-0.2, 0) is 4.79 Å². The number of ether oxygens (including phenoxy) is 2. The van der Waals surface area contributed by atoms with Crippen molar-refractivity contribution in [2.24, 2.45) is 0 Å². The van der Waals surface area contributed by atoms with Crippen molar-refractivity contribution in [2.75, 3.05) is 0 Å². The highest BCUT2D eigenvalue weighted by Crippen LogP contribution is 2.23. The first-order chi connectivity index (χ1) is 13.0. The Morgan fingerprint density at radius 2 is 1.70 bits per heavy atom. The van der Waals surface area contributed by atoms with Crippen molar-refractivity contribution in [1.82, 2.24) is 15.3 Å². The van der Waals surface area contributed by atoms with Crippen molar-refractivity contribution in [1.29, 1.82) is 0 Å². The van der Waals surface area contributed by atoms with E-state index in [0.29, 0.717) is 11.8 Å². The fourth-order valence-electron chi connectivity index (χ4n) is 3.30. The third kappa shape index (κ3) is 5.67. The van der Waals surface area contributed by atoms with E-state index in [1.165, 1.54) is 0 Å². The molecule has 1 aromatic carbocycles. The second-order valence-electron chi connectivity index (χ2n) is 7.11. The third-order valence-corrected chi connectivity index (χ3v) is 4.68. The maximum Gasteiger partial charge on any atom is 0.317 e. The number of benzene rings is 1. The first kappa shape index (κ1) is 19.1. The van der Waals surface area contributed by atoms with E-state index in [2.05, 4.69) is 15.3 Å². The van der Waals surface area contributed by atoms with E-state index < -0.39 is 6.10 Å². The minimum atomic E-state index is -0.523. The van der Waals surface area contributed by atoms with Crippen LogP contribution < -0.4 is 14.8 Å². The Bertz CT molecular complexity index is 738. The number of aromatic nitrogens is 2. The molecule has 1 aliphatic rings. The normalized spacial score (nSPS) is 20.6. The van der Waals surface area contributed by atoms with Gasteiger partial charge in [0.15, 0.2) is 6.10 Å². The van der Waals surface area contributed by atoms with E-state index >= 15 is 0 Å². The lowest BCUT2D eigenvalue weighted by molar-refractivity contribution is -0.128. The van der Waals surface area contributed by atoms with Gasteiger partial charge >= 0.3 is 6.01 Å². The van der Waals surface area contributed by atoms with Crippen molar-refractivity contribution in [3.63, 3.8) is 0 Å². The average Bonchev–Trinajstić information content (AvgIpc) is 2.63. The molecular weight excluding hydrogens is 342 g/mol. The number of aryl methyl sites for hydroxylation is 2. The maximum absolute atomic E-state index is 12.4. The Kier molecular flexibility index (Phi) is 6.27. The topological polar surface area (TPSA) is 73.3 Å². The lowest BCUT2D eigenvalue weighted by Crippen LogP contribution is -2.45. The highest BCUT2D eigenvalue weighted by atomic mass is 16.5. The summed E-state index contributed by atoms with van der Waals surface area (Å²) in [5, 5.41) is 3.09. The predicted octanol–water partition coefficient (Wildman–Crippen LogP) is 3.37. The zero-order valence-corrected chi connectivity index (χ0v) is 16.1. The van der Waals surface area contributed by atoms with Crippen LogP contribution in [0.15, 0.2) is 36.4 Å². The molecule has 6 heteroatoms. The van der Waals surface area contributed by atoms with Gasteiger partial charge in [0.2, 0.25) is 0 Å². The average molecular weight is 369 g/mol. The molecule has 0 bridgehead atoms. The Morgan fingerprint density at radius 1 is 1.07 bits per heavy atom. The number of rotatable bonds is 6. The highest BCUT2D eigenvalue weighted by molar-refractivity contribution is 5.81. The van der Waals surface area contributed by atoms with Gasteiger partial charge in [0.1, 0.15) is 11.9 Å². The summed E-state index contributed by atoms with van der Waals surface area (Å²) in [6.07, 6.45) is 3.06. The lowest BCUT2D eigenvalue weighted by atomic mass is 9.93. The van der Waals surface area contributed by atoms with Crippen LogP contribution >= 0.6 is 0 Å². The van der Waals surface area contributed by atoms with Crippen molar-refractivity contribution in [3.05, 3.63) is 47.8 Å². The third-order valence-electron chi connectivity index (χ3n) is 4.68. The number of carbonyl (C=O) groups is 1. The van der Waals surface area contributed by atoms with E-state index in [1.807, 2.05) is 50.2 Å². The quantitative estimate of drug-likeness (QED) is 0.845. The van der Waals surface area contributed by atoms with Gasteiger partial charge in [-0.3, -0.25) is 4.79 Å². The molecule has 6 nitrogen and oxygen atoms in total. The summed E-state index contributed by atoms with van der Waals surface area (Å²) in [7, 11) is 0. The monoisotopic (exact) mass is 369 g/mol. The van der Waals surface area contributed by atoms with Crippen LogP contribution in [0.1, 0.15) is 44.0 Å². The molecule has 0 aliphatic heterocycles. The molecule has 0 spiro atoms. The molecule has 1 amide bonds. The minimum Gasteiger partial charge on any atom is -0.481 e. The number of hydrogen-bond acceptors (Lipinski definition) is 5. The molecule has 2 aromatic rings. The number of carbonyl (C=O) groups excluding carboxylic acids is 1. The van der Waals surface area contributed by atoms with Gasteiger partial charge in [0.05, 0.1) is 0 Å². The molecule has 0 saturated heterocycles. The number of nitrogens with zero attached hydrogens (tertiary/aromatic N) is 2. The number of nitrogens with one attached hydrogen (secondary N) is 1. The van der Waals surface area contributed by atoms with Crippen LogP contribution in [0.25, 0.3) is 0 Å². The SMILES string of the molecule is Cc1cc(C)nc(OC2CCC(NC(=O)C(C)Oc3ccccc3)CC2)n1. The van der Waals surface area contributed by atoms with Crippen LogP contribution in [0.3, 0.4) is 0 Å². The summed E-state index contributed by atoms with van der Waals surface area (Å²) in [6.45, 7) is 5.65. The van der Waals surface area contributed by atoms with Gasteiger partial charge in [-0.15, -0.1) is 0 Å². The molecule has 1 fully saturated rings. The van der Waals surface area contributed by atoms with Gasteiger partial charge in [-0.2, -0.15) is 0 Å². The van der Waals surface area contributed by atoms with E-state index in [1.54, 1.807) is 6.92 Å².